The Hall–Kier alpha value is -3.54. The maximum atomic E-state index is 12.3. The first-order valence-electron chi connectivity index (χ1n) is 11.1. The Morgan fingerprint density at radius 3 is 1.97 bits per heavy atom. The van der Waals surface area contributed by atoms with Gasteiger partial charge >= 0.3 is 0 Å². The average molecular weight is 471 g/mol. The van der Waals surface area contributed by atoms with Gasteiger partial charge in [-0.05, 0) is 17.7 Å². The molecule has 0 saturated carbocycles. The Kier molecular flexibility index (Phi) is 12.7. The molecule has 0 aliphatic rings. The van der Waals surface area contributed by atoms with Crippen molar-refractivity contribution in [3.8, 4) is 0 Å². The van der Waals surface area contributed by atoms with Crippen LogP contribution in [-0.2, 0) is 16.0 Å². The van der Waals surface area contributed by atoms with Gasteiger partial charge in [0.05, 0.1) is 26.4 Å². The van der Waals surface area contributed by atoms with Gasteiger partial charge in [0, 0.05) is 38.3 Å². The van der Waals surface area contributed by atoms with Gasteiger partial charge in [-0.25, -0.2) is 0 Å². The second-order valence-corrected chi connectivity index (χ2v) is 6.97. The Morgan fingerprint density at radius 2 is 1.41 bits per heavy atom. The molecule has 0 bridgehead atoms. The van der Waals surface area contributed by atoms with E-state index in [0.29, 0.717) is 82.6 Å². The normalized spacial score (nSPS) is 10.4. The number of anilines is 3. The van der Waals surface area contributed by atoms with E-state index in [4.69, 9.17) is 15.2 Å². The number of rotatable bonds is 18. The van der Waals surface area contributed by atoms with Crippen LogP contribution in [0.2, 0.25) is 0 Å². The smallest absolute Gasteiger partial charge is 0.251 e. The van der Waals surface area contributed by atoms with Crippen LogP contribution < -0.4 is 27.0 Å². The van der Waals surface area contributed by atoms with Gasteiger partial charge in [-0.1, -0.05) is 24.3 Å². The van der Waals surface area contributed by atoms with Crippen molar-refractivity contribution in [1.29, 1.82) is 0 Å². The van der Waals surface area contributed by atoms with E-state index in [9.17, 15) is 4.79 Å². The molecule has 0 saturated heterocycles. The number of aromatic nitrogens is 3. The molecule has 0 radical (unpaired) electrons. The molecule has 1 amide bonds. The number of carbonyl (C=O) groups is 1. The first-order chi connectivity index (χ1) is 16.7. The molecule has 0 fully saturated rings. The summed E-state index contributed by atoms with van der Waals surface area (Å²) in [5, 5.41) is 12.1. The molecule has 2 aromatic rings. The molecule has 0 spiro atoms. The minimum Gasteiger partial charge on any atom is -0.378 e. The first-order valence-corrected chi connectivity index (χ1v) is 11.1. The van der Waals surface area contributed by atoms with Gasteiger partial charge in [-0.2, -0.15) is 15.0 Å². The van der Waals surface area contributed by atoms with Gasteiger partial charge in [-0.3, -0.25) is 4.79 Å². The maximum Gasteiger partial charge on any atom is 0.251 e. The van der Waals surface area contributed by atoms with E-state index in [1.54, 1.807) is 24.3 Å². The van der Waals surface area contributed by atoms with E-state index in [2.05, 4.69) is 49.4 Å². The molecule has 1 aromatic heterocycles. The summed E-state index contributed by atoms with van der Waals surface area (Å²) in [5.74, 6) is 1.13. The lowest BCUT2D eigenvalue weighted by molar-refractivity contribution is 0.0511. The van der Waals surface area contributed by atoms with Crippen LogP contribution in [0, 0.1) is 0 Å². The van der Waals surface area contributed by atoms with Gasteiger partial charge in [-0.15, -0.1) is 13.2 Å². The third-order valence-electron chi connectivity index (χ3n) is 4.28. The van der Waals surface area contributed by atoms with E-state index >= 15 is 0 Å². The molecule has 11 heteroatoms. The molecule has 0 unspecified atom stereocenters. The number of hydrogen-bond acceptors (Lipinski definition) is 10. The van der Waals surface area contributed by atoms with Crippen molar-refractivity contribution >= 4 is 23.8 Å². The van der Waals surface area contributed by atoms with E-state index in [-0.39, 0.29) is 5.91 Å². The summed E-state index contributed by atoms with van der Waals surface area (Å²) in [6, 6.07) is 7.30. The van der Waals surface area contributed by atoms with E-state index < -0.39 is 0 Å². The third-order valence-corrected chi connectivity index (χ3v) is 4.28. The maximum absolute atomic E-state index is 12.3. The van der Waals surface area contributed by atoms with Crippen LogP contribution in [0.3, 0.4) is 0 Å². The first kappa shape index (κ1) is 26.7. The summed E-state index contributed by atoms with van der Waals surface area (Å²) >= 11 is 0. The summed E-state index contributed by atoms with van der Waals surface area (Å²) < 4.78 is 10.6. The molecular formula is C23H34N8O3. The van der Waals surface area contributed by atoms with E-state index in [1.807, 2.05) is 12.1 Å². The number of amides is 1. The SMILES string of the molecule is C=CCNc1nc(NCC=C)nc(NCc2ccc(C(=O)NCCOCCOCCN)cc2)n1. The fraction of sp³-hybridized carbons (Fsp3) is 0.391. The molecule has 184 valence electrons. The van der Waals surface area contributed by atoms with Crippen molar-refractivity contribution in [2.75, 3.05) is 68.6 Å². The van der Waals surface area contributed by atoms with Gasteiger partial charge in [0.15, 0.2) is 0 Å². The van der Waals surface area contributed by atoms with Crippen molar-refractivity contribution in [2.45, 2.75) is 6.54 Å². The number of hydrogen-bond donors (Lipinski definition) is 5. The number of nitrogens with two attached hydrogens (primary N) is 1. The van der Waals surface area contributed by atoms with Gasteiger partial charge < -0.3 is 36.5 Å². The minimum atomic E-state index is -0.157. The monoisotopic (exact) mass is 470 g/mol. The zero-order chi connectivity index (χ0) is 24.4. The summed E-state index contributed by atoms with van der Waals surface area (Å²) in [6.45, 7) is 11.7. The largest absolute Gasteiger partial charge is 0.378 e. The quantitative estimate of drug-likeness (QED) is 0.160. The number of benzene rings is 1. The fourth-order valence-corrected chi connectivity index (χ4v) is 2.64. The van der Waals surface area contributed by atoms with Gasteiger partial charge in [0.25, 0.3) is 5.91 Å². The van der Waals surface area contributed by atoms with Crippen molar-refractivity contribution in [2.24, 2.45) is 5.73 Å². The summed E-state index contributed by atoms with van der Waals surface area (Å²) in [4.78, 5) is 25.3. The number of nitrogens with one attached hydrogen (secondary N) is 4. The molecule has 0 aliphatic carbocycles. The standard InChI is InChI=1S/C23H34N8O3/c1-3-10-26-21-29-22(27-11-4-2)31-23(30-21)28-17-18-5-7-19(8-6-18)20(32)25-12-14-34-16-15-33-13-9-24/h3-8H,1-2,9-17,24H2,(H,25,32)(H3,26,27,28,29,30,31). The van der Waals surface area contributed by atoms with E-state index in [1.165, 1.54) is 0 Å². The Balaban J connectivity index is 1.81. The molecular weight excluding hydrogens is 436 g/mol. The van der Waals surface area contributed by atoms with Crippen LogP contribution in [0.25, 0.3) is 0 Å². The number of nitrogens with zero attached hydrogens (tertiary/aromatic N) is 3. The highest BCUT2D eigenvalue weighted by Gasteiger charge is 2.07. The summed E-state index contributed by atoms with van der Waals surface area (Å²) in [6.07, 6.45) is 3.44. The average Bonchev–Trinajstić information content (AvgIpc) is 2.86. The summed E-state index contributed by atoms with van der Waals surface area (Å²) in [5.41, 5.74) is 6.88. The molecule has 11 nitrogen and oxygen atoms in total. The zero-order valence-electron chi connectivity index (χ0n) is 19.4. The molecule has 2 rings (SSSR count). The Morgan fingerprint density at radius 1 is 0.853 bits per heavy atom. The zero-order valence-corrected chi connectivity index (χ0v) is 19.4. The molecule has 1 aromatic carbocycles. The van der Waals surface area contributed by atoms with Crippen LogP contribution >= 0.6 is 0 Å². The predicted octanol–water partition coefficient (Wildman–Crippen LogP) is 1.40. The van der Waals surface area contributed by atoms with Crippen molar-refractivity contribution < 1.29 is 14.3 Å². The van der Waals surface area contributed by atoms with Crippen LogP contribution in [0.1, 0.15) is 15.9 Å². The van der Waals surface area contributed by atoms with Crippen LogP contribution in [-0.4, -0.2) is 73.5 Å². The molecule has 34 heavy (non-hydrogen) atoms. The lowest BCUT2D eigenvalue weighted by Crippen LogP contribution is -2.27. The van der Waals surface area contributed by atoms with Crippen molar-refractivity contribution in [3.63, 3.8) is 0 Å². The van der Waals surface area contributed by atoms with Crippen molar-refractivity contribution in [1.82, 2.24) is 20.3 Å². The highest BCUT2D eigenvalue weighted by atomic mass is 16.5. The van der Waals surface area contributed by atoms with E-state index in [0.717, 1.165) is 5.56 Å². The molecule has 0 atom stereocenters. The predicted molar refractivity (Wildman–Crippen MR) is 134 cm³/mol. The number of carbonyl (C=O) groups excluding carboxylic acids is 1. The minimum absolute atomic E-state index is 0.157. The van der Waals surface area contributed by atoms with Gasteiger partial charge in [0.1, 0.15) is 0 Å². The van der Waals surface area contributed by atoms with Crippen LogP contribution in [0.5, 0.6) is 0 Å². The lowest BCUT2D eigenvalue weighted by Gasteiger charge is -2.10. The highest BCUT2D eigenvalue weighted by Crippen LogP contribution is 2.11. The topological polar surface area (TPSA) is 148 Å². The molecule has 6 N–H and O–H groups in total. The second-order valence-electron chi connectivity index (χ2n) is 6.97. The highest BCUT2D eigenvalue weighted by molar-refractivity contribution is 5.94. The number of ether oxygens (including phenoxy) is 2. The Labute approximate surface area is 200 Å². The van der Waals surface area contributed by atoms with Crippen LogP contribution in [0.15, 0.2) is 49.6 Å². The van der Waals surface area contributed by atoms with Crippen LogP contribution in [0.4, 0.5) is 17.8 Å². The molecule has 0 aliphatic heterocycles. The summed E-state index contributed by atoms with van der Waals surface area (Å²) in [7, 11) is 0. The Bertz CT molecular complexity index is 862. The third kappa shape index (κ3) is 10.4. The fourth-order valence-electron chi connectivity index (χ4n) is 2.64. The van der Waals surface area contributed by atoms with Gasteiger partial charge in [0.2, 0.25) is 17.8 Å². The molecule has 1 heterocycles. The lowest BCUT2D eigenvalue weighted by atomic mass is 10.1. The second kappa shape index (κ2) is 16.1. The van der Waals surface area contributed by atoms with Crippen molar-refractivity contribution in [3.05, 3.63) is 60.7 Å².